The first kappa shape index (κ1) is 33.2. The van der Waals surface area contributed by atoms with E-state index in [1.54, 1.807) is 6.07 Å². The molecule has 4 aromatic heterocycles. The van der Waals surface area contributed by atoms with Gasteiger partial charge in [0, 0.05) is 35.7 Å². The van der Waals surface area contributed by atoms with Crippen molar-refractivity contribution in [1.29, 1.82) is 0 Å². The first-order chi connectivity index (χ1) is 22.5. The normalized spacial score (nSPS) is 11.0. The molecule has 2 aromatic carbocycles. The standard InChI is InChI=1S/C16H9F4NO2S.C16H9F2NO3S/c1-23-16(22)14-11(15(19)20)12-13(24-14)10(2-3-21-12)7-4-8(17)6-9(18)5-7;1-22-16(21)15-12(7-20)13-14(23-15)11(2-3-19-13)8-4-9(17)6-10(18)5-8/h2-6,15H,1H3;2-7H,1H3. The van der Waals surface area contributed by atoms with Gasteiger partial charge >= 0.3 is 11.9 Å². The zero-order valence-corrected chi connectivity index (χ0v) is 25.6. The minimum Gasteiger partial charge on any atom is -0.465 e. The number of pyridine rings is 2. The fourth-order valence-corrected chi connectivity index (χ4v) is 7.09. The Morgan fingerprint density at radius 1 is 0.702 bits per heavy atom. The second-order valence-electron chi connectivity index (χ2n) is 9.48. The van der Waals surface area contributed by atoms with Crippen molar-refractivity contribution in [3.05, 3.63) is 105 Å². The highest BCUT2D eigenvalue weighted by molar-refractivity contribution is 7.22. The number of nitrogens with zero attached hydrogens (tertiary/aromatic N) is 2. The number of benzene rings is 2. The summed E-state index contributed by atoms with van der Waals surface area (Å²) >= 11 is 1.76. The number of alkyl halides is 2. The third-order valence-corrected chi connectivity index (χ3v) is 9.06. The zero-order chi connectivity index (χ0) is 34.0. The van der Waals surface area contributed by atoms with Crippen LogP contribution in [-0.2, 0) is 9.47 Å². The number of carbonyl (C=O) groups excluding carboxylic acids is 3. The van der Waals surface area contributed by atoms with Crippen LogP contribution in [-0.4, -0.2) is 42.4 Å². The summed E-state index contributed by atoms with van der Waals surface area (Å²) in [5.74, 6) is -4.60. The number of methoxy groups -OCH3 is 2. The molecule has 0 amide bonds. The van der Waals surface area contributed by atoms with Gasteiger partial charge in [-0.1, -0.05) is 0 Å². The number of carbonyl (C=O) groups is 3. The lowest BCUT2D eigenvalue weighted by atomic mass is 10.0. The quantitative estimate of drug-likeness (QED) is 0.0981. The molecule has 0 bridgehead atoms. The van der Waals surface area contributed by atoms with Crippen LogP contribution in [0, 0.1) is 23.3 Å². The molecule has 0 atom stereocenters. The Bertz CT molecular complexity index is 2140. The summed E-state index contributed by atoms with van der Waals surface area (Å²) in [6, 6.07) is 9.01. The highest BCUT2D eigenvalue weighted by Gasteiger charge is 2.28. The molecule has 47 heavy (non-hydrogen) atoms. The minimum absolute atomic E-state index is 0.0856. The van der Waals surface area contributed by atoms with Gasteiger partial charge in [-0.25, -0.2) is 35.9 Å². The predicted octanol–water partition coefficient (Wildman–Crippen LogP) is 8.81. The van der Waals surface area contributed by atoms with Gasteiger partial charge in [-0.3, -0.25) is 14.8 Å². The fourth-order valence-electron chi connectivity index (χ4n) is 4.69. The highest BCUT2D eigenvalue weighted by Crippen LogP contribution is 2.42. The predicted molar refractivity (Wildman–Crippen MR) is 163 cm³/mol. The molecule has 0 spiro atoms. The van der Waals surface area contributed by atoms with Gasteiger partial charge in [-0.15, -0.1) is 22.7 Å². The Morgan fingerprint density at radius 3 is 1.57 bits per heavy atom. The average Bonchev–Trinajstić information content (AvgIpc) is 3.62. The summed E-state index contributed by atoms with van der Waals surface area (Å²) in [4.78, 5) is 42.7. The van der Waals surface area contributed by atoms with E-state index >= 15 is 0 Å². The van der Waals surface area contributed by atoms with E-state index in [0.717, 1.165) is 48.0 Å². The van der Waals surface area contributed by atoms with Gasteiger partial charge in [0.2, 0.25) is 0 Å². The molecule has 6 aromatic rings. The molecule has 0 radical (unpaired) electrons. The molecule has 0 saturated heterocycles. The molecule has 6 rings (SSSR count). The molecule has 0 aliphatic rings. The Hall–Kier alpha value is -5.15. The van der Waals surface area contributed by atoms with Gasteiger partial charge in [0.15, 0.2) is 6.29 Å². The topological polar surface area (TPSA) is 95.5 Å². The Morgan fingerprint density at radius 2 is 1.13 bits per heavy atom. The van der Waals surface area contributed by atoms with E-state index in [0.29, 0.717) is 39.3 Å². The SMILES string of the molecule is COC(=O)c1sc2c(-c3cc(F)cc(F)c3)ccnc2c1C(F)F.COC(=O)c1sc2c(-c3cc(F)cc(F)c3)ccnc2c1C=O. The maximum absolute atomic E-state index is 13.5. The third kappa shape index (κ3) is 6.57. The van der Waals surface area contributed by atoms with Crippen LogP contribution in [0.25, 0.3) is 42.7 Å². The number of ether oxygens (including phenoxy) is 2. The molecule has 0 N–H and O–H groups in total. The number of esters is 2. The number of hydrogen-bond donors (Lipinski definition) is 0. The lowest BCUT2D eigenvalue weighted by Crippen LogP contribution is -2.02. The van der Waals surface area contributed by atoms with Crippen LogP contribution in [0.2, 0.25) is 0 Å². The van der Waals surface area contributed by atoms with E-state index in [1.807, 2.05) is 0 Å². The third-order valence-electron chi connectivity index (χ3n) is 6.64. The largest absolute Gasteiger partial charge is 0.465 e. The van der Waals surface area contributed by atoms with Crippen LogP contribution in [0.4, 0.5) is 26.3 Å². The molecule has 0 saturated carbocycles. The smallest absolute Gasteiger partial charge is 0.348 e. The summed E-state index contributed by atoms with van der Waals surface area (Å²) in [7, 11) is 2.29. The van der Waals surface area contributed by atoms with Gasteiger partial charge in [0.05, 0.1) is 45.8 Å². The molecule has 0 aliphatic carbocycles. The van der Waals surface area contributed by atoms with Crippen LogP contribution >= 0.6 is 22.7 Å². The van der Waals surface area contributed by atoms with Gasteiger partial charge < -0.3 is 9.47 Å². The van der Waals surface area contributed by atoms with Gasteiger partial charge in [0.1, 0.15) is 33.0 Å². The zero-order valence-electron chi connectivity index (χ0n) is 23.9. The number of aromatic nitrogens is 2. The highest BCUT2D eigenvalue weighted by atomic mass is 32.1. The fraction of sp³-hybridized carbons (Fsp3) is 0.0938. The van der Waals surface area contributed by atoms with Crippen LogP contribution in [0.1, 0.15) is 41.7 Å². The molecule has 4 heterocycles. The molecule has 240 valence electrons. The van der Waals surface area contributed by atoms with Crippen molar-refractivity contribution in [1.82, 2.24) is 9.97 Å². The van der Waals surface area contributed by atoms with Crippen LogP contribution in [0.15, 0.2) is 60.9 Å². The Labute approximate surface area is 269 Å². The summed E-state index contributed by atoms with van der Waals surface area (Å²) in [5.41, 5.74) is 1.03. The van der Waals surface area contributed by atoms with E-state index in [1.165, 1.54) is 37.7 Å². The molecule has 7 nitrogen and oxygen atoms in total. The van der Waals surface area contributed by atoms with Crippen molar-refractivity contribution >= 4 is 61.3 Å². The molecule has 0 unspecified atom stereocenters. The first-order valence-electron chi connectivity index (χ1n) is 13.1. The second-order valence-corrected chi connectivity index (χ2v) is 11.5. The second kappa shape index (κ2) is 13.7. The molecule has 0 aliphatic heterocycles. The molecule has 0 fully saturated rings. The van der Waals surface area contributed by atoms with E-state index < -0.39 is 47.2 Å². The van der Waals surface area contributed by atoms with Crippen molar-refractivity contribution in [2.24, 2.45) is 0 Å². The summed E-state index contributed by atoms with van der Waals surface area (Å²) in [6.45, 7) is 0. The number of halogens is 6. The van der Waals surface area contributed by atoms with Crippen molar-refractivity contribution in [3.63, 3.8) is 0 Å². The number of thiophene rings is 2. The summed E-state index contributed by atoms with van der Waals surface area (Å²) in [5, 5.41) is 0. The maximum Gasteiger partial charge on any atom is 0.348 e. The van der Waals surface area contributed by atoms with E-state index in [2.05, 4.69) is 19.4 Å². The maximum atomic E-state index is 13.5. The Kier molecular flexibility index (Phi) is 9.67. The van der Waals surface area contributed by atoms with E-state index in [9.17, 15) is 40.7 Å². The molecular formula is C32H18F6N2O5S2. The van der Waals surface area contributed by atoms with E-state index in [4.69, 9.17) is 0 Å². The Balaban J connectivity index is 0.000000185. The van der Waals surface area contributed by atoms with E-state index in [-0.39, 0.29) is 31.1 Å². The number of aldehydes is 1. The lowest BCUT2D eigenvalue weighted by molar-refractivity contribution is 0.0591. The van der Waals surface area contributed by atoms with Crippen molar-refractivity contribution < 1.29 is 50.2 Å². The molecule has 15 heteroatoms. The van der Waals surface area contributed by atoms with Crippen LogP contribution < -0.4 is 0 Å². The summed E-state index contributed by atoms with van der Waals surface area (Å²) < 4.78 is 90.5. The van der Waals surface area contributed by atoms with Crippen molar-refractivity contribution in [2.45, 2.75) is 6.43 Å². The van der Waals surface area contributed by atoms with Crippen molar-refractivity contribution in [3.8, 4) is 22.3 Å². The average molecular weight is 689 g/mol. The van der Waals surface area contributed by atoms with Crippen molar-refractivity contribution in [2.75, 3.05) is 14.2 Å². The van der Waals surface area contributed by atoms with Crippen LogP contribution in [0.3, 0.4) is 0 Å². The minimum atomic E-state index is -2.94. The summed E-state index contributed by atoms with van der Waals surface area (Å²) in [6.07, 6.45) is 0.245. The van der Waals surface area contributed by atoms with Gasteiger partial charge in [-0.05, 0) is 47.5 Å². The first-order valence-corrected chi connectivity index (χ1v) is 14.8. The number of rotatable bonds is 6. The number of fused-ring (bicyclic) bond motifs is 2. The lowest BCUT2D eigenvalue weighted by Gasteiger charge is -2.04. The monoisotopic (exact) mass is 688 g/mol. The van der Waals surface area contributed by atoms with Gasteiger partial charge in [-0.2, -0.15) is 0 Å². The number of hydrogen-bond acceptors (Lipinski definition) is 9. The van der Waals surface area contributed by atoms with Gasteiger partial charge in [0.25, 0.3) is 6.43 Å². The van der Waals surface area contributed by atoms with Crippen LogP contribution in [0.5, 0.6) is 0 Å². The molecular weight excluding hydrogens is 670 g/mol.